The number of aliphatic hydroxyl groups is 1. The first kappa shape index (κ1) is 22.9. The second-order valence-electron chi connectivity index (χ2n) is 9.07. The molecule has 0 saturated carbocycles. The van der Waals surface area contributed by atoms with E-state index in [0.29, 0.717) is 18.8 Å². The Balaban J connectivity index is 1.26. The third kappa shape index (κ3) is 4.82. The van der Waals surface area contributed by atoms with Crippen LogP contribution in [0.4, 0.5) is 15.8 Å². The van der Waals surface area contributed by atoms with Gasteiger partial charge in [0.2, 0.25) is 0 Å². The minimum atomic E-state index is -0.245. The number of nitrogens with zero attached hydrogens (tertiary/aromatic N) is 2. The van der Waals surface area contributed by atoms with Gasteiger partial charge in [0, 0.05) is 61.5 Å². The maximum Gasteiger partial charge on any atom is 0.148 e. The molecule has 34 heavy (non-hydrogen) atoms. The van der Waals surface area contributed by atoms with Crippen molar-refractivity contribution in [1.82, 2.24) is 5.32 Å². The zero-order chi connectivity index (χ0) is 23.5. The van der Waals surface area contributed by atoms with Gasteiger partial charge in [-0.05, 0) is 61.2 Å². The van der Waals surface area contributed by atoms with Gasteiger partial charge < -0.3 is 29.7 Å². The van der Waals surface area contributed by atoms with Crippen molar-refractivity contribution < 1.29 is 19.0 Å². The average molecular weight is 466 g/mol. The first-order valence-electron chi connectivity index (χ1n) is 12.1. The maximum absolute atomic E-state index is 15.1. The molecule has 0 spiro atoms. The number of benzene rings is 2. The molecule has 0 radical (unpaired) electrons. The van der Waals surface area contributed by atoms with E-state index in [-0.39, 0.29) is 24.6 Å². The van der Waals surface area contributed by atoms with E-state index in [1.54, 1.807) is 6.07 Å². The van der Waals surface area contributed by atoms with E-state index in [1.807, 2.05) is 47.5 Å². The fraction of sp³-hybridized carbons (Fsp3) is 0.407. The SMILES string of the molecule is C=C1c2ccc(OC[C@H]3CCCO3)cc2C=CN1c1ccc(N2CCC(NCCO)C2)c(F)c1. The van der Waals surface area contributed by atoms with Gasteiger partial charge in [0.25, 0.3) is 0 Å². The molecule has 3 aliphatic rings. The van der Waals surface area contributed by atoms with Crippen molar-refractivity contribution in [2.24, 2.45) is 0 Å². The van der Waals surface area contributed by atoms with Crippen LogP contribution in [0.2, 0.25) is 0 Å². The van der Waals surface area contributed by atoms with Gasteiger partial charge in [-0.25, -0.2) is 4.39 Å². The van der Waals surface area contributed by atoms with E-state index < -0.39 is 0 Å². The van der Waals surface area contributed by atoms with Crippen LogP contribution in [0.3, 0.4) is 0 Å². The quantitative estimate of drug-likeness (QED) is 0.615. The number of anilines is 2. The van der Waals surface area contributed by atoms with Crippen LogP contribution in [0.1, 0.15) is 30.4 Å². The number of rotatable bonds is 8. The lowest BCUT2D eigenvalue weighted by molar-refractivity contribution is 0.0679. The smallest absolute Gasteiger partial charge is 0.148 e. The lowest BCUT2D eigenvalue weighted by Crippen LogP contribution is -2.34. The van der Waals surface area contributed by atoms with Gasteiger partial charge in [0.15, 0.2) is 0 Å². The zero-order valence-electron chi connectivity index (χ0n) is 19.4. The van der Waals surface area contributed by atoms with Crippen LogP contribution in [0.15, 0.2) is 49.2 Å². The van der Waals surface area contributed by atoms with Crippen LogP contribution < -0.4 is 19.9 Å². The van der Waals surface area contributed by atoms with Crippen molar-refractivity contribution in [2.45, 2.75) is 31.4 Å². The summed E-state index contributed by atoms with van der Waals surface area (Å²) in [7, 11) is 0. The lowest BCUT2D eigenvalue weighted by Gasteiger charge is -2.29. The number of nitrogens with one attached hydrogen (secondary N) is 1. The number of fused-ring (bicyclic) bond motifs is 1. The summed E-state index contributed by atoms with van der Waals surface area (Å²) in [4.78, 5) is 3.97. The van der Waals surface area contributed by atoms with Crippen LogP contribution in [0.25, 0.3) is 11.8 Å². The Bertz CT molecular complexity index is 1070. The Morgan fingerprint density at radius 2 is 2.12 bits per heavy atom. The molecule has 2 fully saturated rings. The molecule has 1 unspecified atom stereocenters. The minimum absolute atomic E-state index is 0.111. The average Bonchev–Trinajstić information content (AvgIpc) is 3.54. The molecule has 0 bridgehead atoms. The van der Waals surface area contributed by atoms with E-state index in [9.17, 15) is 0 Å². The van der Waals surface area contributed by atoms with E-state index in [1.165, 1.54) is 0 Å². The maximum atomic E-state index is 15.1. The predicted octanol–water partition coefficient (Wildman–Crippen LogP) is 4.01. The molecule has 2 saturated heterocycles. The van der Waals surface area contributed by atoms with Gasteiger partial charge in [-0.1, -0.05) is 6.58 Å². The molecule has 3 aliphatic heterocycles. The molecule has 2 N–H and O–H groups in total. The van der Waals surface area contributed by atoms with Crippen molar-refractivity contribution in [3.8, 4) is 5.75 Å². The van der Waals surface area contributed by atoms with Crippen molar-refractivity contribution in [3.63, 3.8) is 0 Å². The Hall–Kier alpha value is -2.87. The fourth-order valence-electron chi connectivity index (χ4n) is 4.93. The van der Waals surface area contributed by atoms with Crippen molar-refractivity contribution in [1.29, 1.82) is 0 Å². The molecule has 7 heteroatoms. The summed E-state index contributed by atoms with van der Waals surface area (Å²) in [6, 6.07) is 11.6. The zero-order valence-corrected chi connectivity index (χ0v) is 19.4. The van der Waals surface area contributed by atoms with Crippen molar-refractivity contribution in [2.75, 3.05) is 49.3 Å². The van der Waals surface area contributed by atoms with Crippen LogP contribution in [-0.4, -0.2) is 56.7 Å². The van der Waals surface area contributed by atoms with Gasteiger partial charge in [0.1, 0.15) is 18.2 Å². The number of hydrogen-bond acceptors (Lipinski definition) is 6. The van der Waals surface area contributed by atoms with Gasteiger partial charge >= 0.3 is 0 Å². The van der Waals surface area contributed by atoms with Crippen LogP contribution in [-0.2, 0) is 4.74 Å². The largest absolute Gasteiger partial charge is 0.491 e. The molecule has 0 amide bonds. The molecule has 2 aromatic carbocycles. The molecular weight excluding hydrogens is 433 g/mol. The van der Waals surface area contributed by atoms with Crippen LogP contribution >= 0.6 is 0 Å². The summed E-state index contributed by atoms with van der Waals surface area (Å²) in [6.07, 6.45) is 7.19. The molecular formula is C27H32FN3O3. The monoisotopic (exact) mass is 465 g/mol. The first-order chi connectivity index (χ1) is 16.6. The highest BCUT2D eigenvalue weighted by Gasteiger charge is 2.25. The Kier molecular flexibility index (Phi) is 6.85. The van der Waals surface area contributed by atoms with Crippen LogP contribution in [0.5, 0.6) is 5.75 Å². The normalized spacial score (nSPS) is 21.9. The number of ether oxygens (including phenoxy) is 2. The summed E-state index contributed by atoms with van der Waals surface area (Å²) < 4.78 is 26.7. The molecule has 0 aliphatic carbocycles. The van der Waals surface area contributed by atoms with Crippen molar-refractivity contribution in [3.05, 3.63) is 66.1 Å². The van der Waals surface area contributed by atoms with Crippen molar-refractivity contribution >= 4 is 23.1 Å². The van der Waals surface area contributed by atoms with Gasteiger partial charge in [-0.2, -0.15) is 0 Å². The third-order valence-corrected chi connectivity index (χ3v) is 6.77. The topological polar surface area (TPSA) is 57.2 Å². The van der Waals surface area contributed by atoms with E-state index in [0.717, 1.165) is 67.2 Å². The summed E-state index contributed by atoms with van der Waals surface area (Å²) in [5, 5.41) is 12.3. The summed E-state index contributed by atoms with van der Waals surface area (Å²) >= 11 is 0. The lowest BCUT2D eigenvalue weighted by atomic mass is 10.0. The molecule has 0 aromatic heterocycles. The van der Waals surface area contributed by atoms with Gasteiger partial charge in [0.05, 0.1) is 18.4 Å². The first-order valence-corrected chi connectivity index (χ1v) is 12.1. The molecule has 2 aromatic rings. The Morgan fingerprint density at radius 1 is 1.21 bits per heavy atom. The van der Waals surface area contributed by atoms with E-state index in [4.69, 9.17) is 14.6 Å². The van der Waals surface area contributed by atoms with E-state index >= 15 is 4.39 Å². The summed E-state index contributed by atoms with van der Waals surface area (Å²) in [5.74, 6) is 0.568. The summed E-state index contributed by atoms with van der Waals surface area (Å²) in [5.41, 5.74) is 4.17. The fourth-order valence-corrected chi connectivity index (χ4v) is 4.93. The van der Waals surface area contributed by atoms with Gasteiger partial charge in [-0.3, -0.25) is 0 Å². The minimum Gasteiger partial charge on any atom is -0.491 e. The number of hydrogen-bond donors (Lipinski definition) is 2. The third-order valence-electron chi connectivity index (χ3n) is 6.77. The molecule has 3 heterocycles. The summed E-state index contributed by atoms with van der Waals surface area (Å²) in [6.45, 7) is 7.86. The van der Waals surface area contributed by atoms with Crippen LogP contribution in [0, 0.1) is 5.82 Å². The second-order valence-corrected chi connectivity index (χ2v) is 9.07. The second kappa shape index (κ2) is 10.2. The Labute approximate surface area is 200 Å². The molecule has 180 valence electrons. The molecule has 6 nitrogen and oxygen atoms in total. The Morgan fingerprint density at radius 3 is 2.91 bits per heavy atom. The van der Waals surface area contributed by atoms with E-state index in [2.05, 4.69) is 16.8 Å². The van der Waals surface area contributed by atoms with Gasteiger partial charge in [-0.15, -0.1) is 0 Å². The standard InChI is InChI=1S/C27H32FN3O3/c1-19-25-6-5-23(34-18-24-3-2-14-33-24)15-20(25)8-12-31(19)22-4-7-27(26(28)16-22)30-11-9-21(17-30)29-10-13-32/h4-8,12,15-16,21,24,29,32H,1-3,9-11,13-14,17-18H2/t21?,24-/m1/s1. The highest BCUT2D eigenvalue weighted by Crippen LogP contribution is 2.36. The highest BCUT2D eigenvalue weighted by atomic mass is 19.1. The predicted molar refractivity (Wildman–Crippen MR) is 134 cm³/mol. The molecule has 5 rings (SSSR count). The number of aliphatic hydroxyl groups excluding tert-OH is 1. The number of halogens is 1. The molecule has 2 atom stereocenters. The highest BCUT2D eigenvalue weighted by molar-refractivity contribution is 5.89.